The second-order valence-corrected chi connectivity index (χ2v) is 8.19. The van der Waals surface area contributed by atoms with Gasteiger partial charge in [-0.25, -0.2) is 13.2 Å². The van der Waals surface area contributed by atoms with Crippen molar-refractivity contribution in [3.05, 3.63) is 77.2 Å². The number of nitrogens with zero attached hydrogens (tertiary/aromatic N) is 1. The zero-order valence-electron chi connectivity index (χ0n) is 14.9. The monoisotopic (exact) mass is 401 g/mol. The summed E-state index contributed by atoms with van der Waals surface area (Å²) in [4.78, 5) is 26.3. The van der Waals surface area contributed by atoms with Crippen molar-refractivity contribution in [3.63, 3.8) is 0 Å². The van der Waals surface area contributed by atoms with Crippen molar-refractivity contribution in [2.45, 2.75) is 12.6 Å². The predicted octanol–water partition coefficient (Wildman–Crippen LogP) is 1.68. The Labute approximate surface area is 162 Å². The van der Waals surface area contributed by atoms with Crippen LogP contribution in [0, 0.1) is 0 Å². The second-order valence-electron chi connectivity index (χ2n) is 6.26. The first-order valence-corrected chi connectivity index (χ1v) is 10.3. The molecule has 0 fully saturated rings. The molecule has 0 saturated carbocycles. The zero-order valence-corrected chi connectivity index (χ0v) is 15.7. The first kappa shape index (κ1) is 19.8. The first-order valence-electron chi connectivity index (χ1n) is 8.54. The normalized spacial score (nSPS) is 17.2. The van der Waals surface area contributed by atoms with Crippen LogP contribution in [0.3, 0.4) is 0 Å². The third kappa shape index (κ3) is 4.65. The first-order chi connectivity index (χ1) is 13.4. The summed E-state index contributed by atoms with van der Waals surface area (Å²) in [6.45, 7) is -0.669. The molecule has 1 N–H and O–H groups in total. The van der Waals surface area contributed by atoms with Gasteiger partial charge < -0.3 is 14.7 Å². The van der Waals surface area contributed by atoms with Crippen molar-refractivity contribution in [2.75, 3.05) is 17.3 Å². The summed E-state index contributed by atoms with van der Waals surface area (Å²) >= 11 is 0. The van der Waals surface area contributed by atoms with Gasteiger partial charge in [-0.05, 0) is 35.9 Å². The number of hydrogen-bond donors (Lipinski definition) is 1. The summed E-state index contributed by atoms with van der Waals surface area (Å²) in [5.74, 6) is -1.43. The maximum Gasteiger partial charge on any atom is 0.338 e. The van der Waals surface area contributed by atoms with E-state index in [4.69, 9.17) is 9.84 Å². The Kier molecular flexibility index (Phi) is 5.91. The van der Waals surface area contributed by atoms with Crippen molar-refractivity contribution in [3.8, 4) is 0 Å². The van der Waals surface area contributed by atoms with Crippen molar-refractivity contribution < 1.29 is 27.9 Å². The molecule has 0 unspecified atom stereocenters. The van der Waals surface area contributed by atoms with Crippen LogP contribution in [0.15, 0.2) is 66.1 Å². The van der Waals surface area contributed by atoms with Crippen LogP contribution in [0.4, 0.5) is 5.69 Å². The van der Waals surface area contributed by atoms with Gasteiger partial charge in [0.1, 0.15) is 0 Å². The molecule has 1 heterocycles. The van der Waals surface area contributed by atoms with Crippen LogP contribution in [-0.4, -0.2) is 43.8 Å². The number of hydrogen-bond acceptors (Lipinski definition) is 6. The number of benzene rings is 2. The molecule has 1 amide bonds. The highest BCUT2D eigenvalue weighted by Gasteiger charge is 2.31. The fraction of sp³-hybridized carbons (Fsp3) is 0.200. The molecule has 0 aromatic heterocycles. The highest BCUT2D eigenvalue weighted by Crippen LogP contribution is 2.23. The lowest BCUT2D eigenvalue weighted by atomic mass is 10.1. The van der Waals surface area contributed by atoms with Crippen LogP contribution >= 0.6 is 0 Å². The Balaban J connectivity index is 1.72. The van der Waals surface area contributed by atoms with Gasteiger partial charge in [0.25, 0.3) is 5.91 Å². The maximum absolute atomic E-state index is 12.8. The molecule has 2 aromatic rings. The molecule has 28 heavy (non-hydrogen) atoms. The van der Waals surface area contributed by atoms with E-state index in [2.05, 4.69) is 0 Å². The van der Waals surface area contributed by atoms with Crippen molar-refractivity contribution >= 4 is 27.4 Å². The smallest absolute Gasteiger partial charge is 0.338 e. The lowest BCUT2D eigenvalue weighted by Crippen LogP contribution is -2.43. The number of aliphatic hydroxyl groups excluding tert-OH is 1. The summed E-state index contributed by atoms with van der Waals surface area (Å²) < 4.78 is 28.7. The minimum Gasteiger partial charge on any atom is -0.452 e. The predicted molar refractivity (Wildman–Crippen MR) is 103 cm³/mol. The van der Waals surface area contributed by atoms with Gasteiger partial charge in [0.15, 0.2) is 16.4 Å². The molecule has 0 saturated heterocycles. The summed E-state index contributed by atoms with van der Waals surface area (Å²) in [5.41, 5.74) is 1.42. The topological polar surface area (TPSA) is 101 Å². The Morgan fingerprint density at radius 2 is 1.75 bits per heavy atom. The molecule has 8 heteroatoms. The van der Waals surface area contributed by atoms with E-state index in [1.807, 2.05) is 0 Å². The van der Waals surface area contributed by atoms with E-state index in [-0.39, 0.29) is 17.9 Å². The van der Waals surface area contributed by atoms with E-state index < -0.39 is 34.4 Å². The number of rotatable bonds is 6. The molecule has 0 spiro atoms. The van der Waals surface area contributed by atoms with E-state index in [0.717, 1.165) is 5.41 Å². The van der Waals surface area contributed by atoms with Crippen molar-refractivity contribution in [1.29, 1.82) is 0 Å². The van der Waals surface area contributed by atoms with Gasteiger partial charge in [-0.3, -0.25) is 4.79 Å². The summed E-state index contributed by atoms with van der Waals surface area (Å²) in [6, 6.07) is 14.1. The molecule has 1 aliphatic rings. The zero-order chi connectivity index (χ0) is 20.1. The number of amides is 1. The SMILES string of the molecule is O=C(OCC(=O)N(c1ccccc1)[C@@H]1C=CS(=O)(=O)C1)c1ccc(CO)cc1. The van der Waals surface area contributed by atoms with Crippen LogP contribution in [0.1, 0.15) is 15.9 Å². The Bertz CT molecular complexity index is 983. The van der Waals surface area contributed by atoms with E-state index in [9.17, 15) is 18.0 Å². The van der Waals surface area contributed by atoms with Gasteiger partial charge in [-0.2, -0.15) is 0 Å². The van der Waals surface area contributed by atoms with Crippen molar-refractivity contribution in [2.24, 2.45) is 0 Å². The molecular formula is C20H19NO6S. The fourth-order valence-electron chi connectivity index (χ4n) is 2.86. The maximum atomic E-state index is 12.8. The number of carbonyl (C=O) groups is 2. The summed E-state index contributed by atoms with van der Waals surface area (Å²) in [7, 11) is -3.37. The third-order valence-electron chi connectivity index (χ3n) is 4.24. The molecule has 3 rings (SSSR count). The van der Waals surface area contributed by atoms with Gasteiger partial charge in [0, 0.05) is 11.1 Å². The molecule has 1 aliphatic heterocycles. The molecule has 2 aromatic carbocycles. The highest BCUT2D eigenvalue weighted by molar-refractivity contribution is 7.94. The quantitative estimate of drug-likeness (QED) is 0.739. The third-order valence-corrected chi connectivity index (χ3v) is 5.62. The van der Waals surface area contributed by atoms with Crippen LogP contribution in [0.25, 0.3) is 0 Å². The molecule has 0 aliphatic carbocycles. The van der Waals surface area contributed by atoms with Crippen molar-refractivity contribution in [1.82, 2.24) is 0 Å². The minimum atomic E-state index is -3.37. The molecule has 146 valence electrons. The number of ether oxygens (including phenoxy) is 1. The van der Waals surface area contributed by atoms with Crippen LogP contribution in [0.5, 0.6) is 0 Å². The summed E-state index contributed by atoms with van der Waals surface area (Å²) in [5, 5.41) is 10.1. The lowest BCUT2D eigenvalue weighted by molar-refractivity contribution is -0.121. The van der Waals surface area contributed by atoms with Gasteiger partial charge in [-0.15, -0.1) is 0 Å². The average molecular weight is 401 g/mol. The fourth-order valence-corrected chi connectivity index (χ4v) is 4.12. The average Bonchev–Trinajstić information content (AvgIpc) is 3.06. The molecular weight excluding hydrogens is 382 g/mol. The van der Waals surface area contributed by atoms with Gasteiger partial charge in [-0.1, -0.05) is 30.3 Å². The lowest BCUT2D eigenvalue weighted by Gasteiger charge is -2.27. The number of anilines is 1. The number of esters is 1. The number of para-hydroxylation sites is 1. The minimum absolute atomic E-state index is 0.141. The van der Waals surface area contributed by atoms with Gasteiger partial charge in [0.2, 0.25) is 0 Å². The second kappa shape index (κ2) is 8.37. The Hall–Kier alpha value is -2.97. The van der Waals surface area contributed by atoms with E-state index in [1.54, 1.807) is 42.5 Å². The highest BCUT2D eigenvalue weighted by atomic mass is 32.2. The number of carbonyl (C=O) groups excluding carboxylic acids is 2. The molecule has 1 atom stereocenters. The standard InChI is InChI=1S/C20H19NO6S/c22-12-15-6-8-16(9-7-15)20(24)27-13-19(23)21(17-4-2-1-3-5-17)18-10-11-28(25,26)14-18/h1-11,18,22H,12-14H2/t18-/m1/s1. The number of sulfone groups is 1. The Morgan fingerprint density at radius 3 is 2.32 bits per heavy atom. The van der Waals surface area contributed by atoms with Crippen LogP contribution in [0.2, 0.25) is 0 Å². The Morgan fingerprint density at radius 1 is 1.07 bits per heavy atom. The van der Waals surface area contributed by atoms with Gasteiger partial charge in [0.05, 0.1) is 24.0 Å². The van der Waals surface area contributed by atoms with E-state index in [1.165, 1.54) is 23.1 Å². The number of aliphatic hydroxyl groups is 1. The van der Waals surface area contributed by atoms with E-state index in [0.29, 0.717) is 11.3 Å². The largest absolute Gasteiger partial charge is 0.452 e. The summed E-state index contributed by atoms with van der Waals surface area (Å²) in [6.07, 6.45) is 1.45. The van der Waals surface area contributed by atoms with E-state index >= 15 is 0 Å². The van der Waals surface area contributed by atoms with Crippen LogP contribution < -0.4 is 4.90 Å². The van der Waals surface area contributed by atoms with Crippen LogP contribution in [-0.2, 0) is 26.0 Å². The molecule has 0 bridgehead atoms. The van der Waals surface area contributed by atoms with Gasteiger partial charge >= 0.3 is 5.97 Å². The molecule has 0 radical (unpaired) electrons. The molecule has 7 nitrogen and oxygen atoms in total.